The highest BCUT2D eigenvalue weighted by Gasteiger charge is 2.52. The summed E-state index contributed by atoms with van der Waals surface area (Å²) in [6.45, 7) is 4.81. The van der Waals surface area contributed by atoms with Crippen molar-refractivity contribution in [1.29, 1.82) is 0 Å². The van der Waals surface area contributed by atoms with E-state index in [0.29, 0.717) is 13.1 Å². The largest absolute Gasteiger partial charge is 0.326 e. The molecule has 1 N–H and O–H groups in total. The molecular weight excluding hydrogens is 336 g/mol. The van der Waals surface area contributed by atoms with Crippen LogP contribution in [-0.4, -0.2) is 38.0 Å². The van der Waals surface area contributed by atoms with E-state index in [1.54, 1.807) is 0 Å². The molecule has 0 aromatic heterocycles. The van der Waals surface area contributed by atoms with Gasteiger partial charge in [-0.2, -0.15) is 0 Å². The number of sulfonamides is 1. The Morgan fingerprint density at radius 1 is 1.20 bits per heavy atom. The van der Waals surface area contributed by atoms with Gasteiger partial charge in [-0.3, -0.25) is 4.79 Å². The molecule has 2 fully saturated rings. The van der Waals surface area contributed by atoms with Crippen LogP contribution in [0.1, 0.15) is 43.2 Å². The van der Waals surface area contributed by atoms with Gasteiger partial charge in [0.05, 0.1) is 12.2 Å². The molecule has 0 radical (unpaired) electrons. The summed E-state index contributed by atoms with van der Waals surface area (Å²) in [7, 11) is -3.28. The molecule has 1 heterocycles. The zero-order chi connectivity index (χ0) is 18.2. The maximum atomic E-state index is 13.1. The molecule has 1 saturated carbocycles. The van der Waals surface area contributed by atoms with Crippen LogP contribution in [0.2, 0.25) is 0 Å². The summed E-state index contributed by atoms with van der Waals surface area (Å²) in [5.41, 5.74) is 2.82. The molecule has 1 aromatic carbocycles. The van der Waals surface area contributed by atoms with Crippen molar-refractivity contribution in [2.24, 2.45) is 11.3 Å². The lowest BCUT2D eigenvalue weighted by atomic mass is 9.67. The van der Waals surface area contributed by atoms with Crippen LogP contribution < -0.4 is 5.32 Å². The Balaban J connectivity index is 1.87. The van der Waals surface area contributed by atoms with Gasteiger partial charge in [0.25, 0.3) is 0 Å². The second-order valence-electron chi connectivity index (χ2n) is 7.77. The van der Waals surface area contributed by atoms with Gasteiger partial charge in [-0.1, -0.05) is 31.4 Å². The van der Waals surface area contributed by atoms with Crippen LogP contribution >= 0.6 is 0 Å². The lowest BCUT2D eigenvalue weighted by molar-refractivity contribution is -0.123. The van der Waals surface area contributed by atoms with Gasteiger partial charge in [-0.25, -0.2) is 12.7 Å². The summed E-state index contributed by atoms with van der Waals surface area (Å²) in [5, 5.41) is 3.08. The molecule has 3 rings (SSSR count). The number of hydrogen-bond donors (Lipinski definition) is 1. The summed E-state index contributed by atoms with van der Waals surface area (Å²) in [6, 6.07) is 5.87. The molecule has 5 nitrogen and oxygen atoms in total. The van der Waals surface area contributed by atoms with E-state index in [2.05, 4.69) is 5.32 Å². The number of carbonyl (C=O) groups excluding carboxylic acids is 1. The number of hydrogen-bond acceptors (Lipinski definition) is 3. The van der Waals surface area contributed by atoms with Gasteiger partial charge in [0, 0.05) is 18.8 Å². The van der Waals surface area contributed by atoms with E-state index < -0.39 is 10.0 Å². The first kappa shape index (κ1) is 18.4. The van der Waals surface area contributed by atoms with E-state index in [1.807, 2.05) is 32.0 Å². The molecule has 1 amide bonds. The van der Waals surface area contributed by atoms with Crippen LogP contribution in [0.5, 0.6) is 0 Å². The standard InChI is InChI=1S/C19H28N2O3S/c1-14-8-7-9-17(15(14)2)20-18(22)16-12-21(25(3,23)24)13-19(16)10-5-4-6-11-19/h7-9,16H,4-6,10-13H2,1-3H3,(H,20,22). The molecule has 138 valence electrons. The van der Waals surface area contributed by atoms with Gasteiger partial charge < -0.3 is 5.32 Å². The van der Waals surface area contributed by atoms with E-state index in [4.69, 9.17) is 0 Å². The van der Waals surface area contributed by atoms with E-state index in [-0.39, 0.29) is 17.2 Å². The highest BCUT2D eigenvalue weighted by atomic mass is 32.2. The number of anilines is 1. The van der Waals surface area contributed by atoms with Crippen molar-refractivity contribution in [2.45, 2.75) is 46.0 Å². The van der Waals surface area contributed by atoms with Crippen LogP contribution in [0.25, 0.3) is 0 Å². The normalized spacial score (nSPS) is 23.7. The summed E-state index contributed by atoms with van der Waals surface area (Å²) in [5.74, 6) is -0.316. The van der Waals surface area contributed by atoms with E-state index in [0.717, 1.165) is 42.5 Å². The molecule has 1 aliphatic carbocycles. The molecule has 6 heteroatoms. The molecule has 1 unspecified atom stereocenters. The highest BCUT2D eigenvalue weighted by Crippen LogP contribution is 2.48. The second-order valence-corrected chi connectivity index (χ2v) is 9.75. The van der Waals surface area contributed by atoms with Crippen molar-refractivity contribution in [2.75, 3.05) is 24.7 Å². The summed E-state index contributed by atoms with van der Waals surface area (Å²) in [6.07, 6.45) is 6.43. The zero-order valence-electron chi connectivity index (χ0n) is 15.3. The fourth-order valence-electron chi connectivity index (χ4n) is 4.41. The average molecular weight is 365 g/mol. The van der Waals surface area contributed by atoms with Crippen molar-refractivity contribution in [3.8, 4) is 0 Å². The predicted molar refractivity (Wildman–Crippen MR) is 100.0 cm³/mol. The highest BCUT2D eigenvalue weighted by molar-refractivity contribution is 7.88. The molecule has 1 atom stereocenters. The fourth-order valence-corrected chi connectivity index (χ4v) is 5.32. The Morgan fingerprint density at radius 3 is 2.52 bits per heavy atom. The lowest BCUT2D eigenvalue weighted by Gasteiger charge is -2.37. The van der Waals surface area contributed by atoms with Crippen LogP contribution in [0.3, 0.4) is 0 Å². The third-order valence-corrected chi connectivity index (χ3v) is 7.33. The molecule has 0 bridgehead atoms. The second kappa shape index (κ2) is 6.72. The molecule has 25 heavy (non-hydrogen) atoms. The van der Waals surface area contributed by atoms with Crippen molar-refractivity contribution < 1.29 is 13.2 Å². The third kappa shape index (κ3) is 3.60. The smallest absolute Gasteiger partial charge is 0.229 e. The van der Waals surface area contributed by atoms with E-state index in [1.165, 1.54) is 17.0 Å². The van der Waals surface area contributed by atoms with Crippen LogP contribution in [0, 0.1) is 25.2 Å². The van der Waals surface area contributed by atoms with Gasteiger partial charge in [0.15, 0.2) is 0 Å². The minimum absolute atomic E-state index is 0.0400. The lowest BCUT2D eigenvalue weighted by Crippen LogP contribution is -2.39. The number of carbonyl (C=O) groups is 1. The van der Waals surface area contributed by atoms with Gasteiger partial charge in [0.2, 0.25) is 15.9 Å². The van der Waals surface area contributed by atoms with Crippen molar-refractivity contribution >= 4 is 21.6 Å². The van der Waals surface area contributed by atoms with Crippen LogP contribution in [0.4, 0.5) is 5.69 Å². The number of benzene rings is 1. The van der Waals surface area contributed by atoms with Crippen molar-refractivity contribution in [3.63, 3.8) is 0 Å². The number of aryl methyl sites for hydroxylation is 1. The Labute approximate surface area is 150 Å². The predicted octanol–water partition coefficient (Wildman–Crippen LogP) is 3.08. The molecule has 1 saturated heterocycles. The first-order chi connectivity index (χ1) is 11.7. The van der Waals surface area contributed by atoms with Crippen molar-refractivity contribution in [3.05, 3.63) is 29.3 Å². The average Bonchev–Trinajstić information content (AvgIpc) is 2.92. The molecule has 1 spiro atoms. The molecule has 1 aromatic rings. The Bertz CT molecular complexity index is 767. The van der Waals surface area contributed by atoms with Crippen molar-refractivity contribution in [1.82, 2.24) is 4.31 Å². The summed E-state index contributed by atoms with van der Waals surface area (Å²) in [4.78, 5) is 13.1. The number of nitrogens with one attached hydrogen (secondary N) is 1. The SMILES string of the molecule is Cc1cccc(NC(=O)C2CN(S(C)(=O)=O)CC23CCCCC3)c1C. The summed E-state index contributed by atoms with van der Waals surface area (Å²) >= 11 is 0. The minimum Gasteiger partial charge on any atom is -0.326 e. The van der Waals surface area contributed by atoms with Crippen LogP contribution in [0.15, 0.2) is 18.2 Å². The monoisotopic (exact) mass is 364 g/mol. The number of amides is 1. The maximum absolute atomic E-state index is 13.1. The Hall–Kier alpha value is -1.40. The van der Waals surface area contributed by atoms with Gasteiger partial charge in [0.1, 0.15) is 0 Å². The molecular formula is C19H28N2O3S. The fraction of sp³-hybridized carbons (Fsp3) is 0.632. The number of rotatable bonds is 3. The van der Waals surface area contributed by atoms with Gasteiger partial charge in [-0.15, -0.1) is 0 Å². The number of nitrogens with zero attached hydrogens (tertiary/aromatic N) is 1. The topological polar surface area (TPSA) is 66.5 Å². The Morgan fingerprint density at radius 2 is 1.88 bits per heavy atom. The first-order valence-corrected chi connectivity index (χ1v) is 10.9. The van der Waals surface area contributed by atoms with Gasteiger partial charge in [-0.05, 0) is 49.3 Å². The molecule has 1 aliphatic heterocycles. The first-order valence-electron chi connectivity index (χ1n) is 9.05. The quantitative estimate of drug-likeness (QED) is 0.896. The maximum Gasteiger partial charge on any atom is 0.229 e. The third-order valence-electron chi connectivity index (χ3n) is 6.11. The zero-order valence-corrected chi connectivity index (χ0v) is 16.2. The van der Waals surface area contributed by atoms with E-state index >= 15 is 0 Å². The Kier molecular flexibility index (Phi) is 4.95. The van der Waals surface area contributed by atoms with E-state index in [9.17, 15) is 13.2 Å². The van der Waals surface area contributed by atoms with Gasteiger partial charge >= 0.3 is 0 Å². The minimum atomic E-state index is -3.28. The van der Waals surface area contributed by atoms with Crippen LogP contribution in [-0.2, 0) is 14.8 Å². The summed E-state index contributed by atoms with van der Waals surface area (Å²) < 4.78 is 25.7. The molecule has 2 aliphatic rings.